The monoisotopic (exact) mass is 360 g/mol. The summed E-state index contributed by atoms with van der Waals surface area (Å²) in [5.41, 5.74) is 1.88. The third-order valence-electron chi connectivity index (χ3n) is 6.49. The average Bonchev–Trinajstić information content (AvgIpc) is 3.03. The van der Waals surface area contributed by atoms with Gasteiger partial charge in [-0.05, 0) is 74.1 Å². The lowest BCUT2D eigenvalue weighted by atomic mass is 9.96. The molecule has 1 aromatic carbocycles. The third-order valence-corrected chi connectivity index (χ3v) is 7.98. The van der Waals surface area contributed by atoms with Gasteiger partial charge in [-0.1, -0.05) is 6.42 Å². The molecule has 1 aliphatic heterocycles. The highest BCUT2D eigenvalue weighted by molar-refractivity contribution is 7.89. The Kier molecular flexibility index (Phi) is 3.51. The predicted octanol–water partition coefficient (Wildman–Crippen LogP) is 2.45. The first-order chi connectivity index (χ1) is 12.0. The number of fused-ring (bicyclic) bond motifs is 3. The van der Waals surface area contributed by atoms with Crippen LogP contribution in [0, 0.1) is 17.8 Å². The summed E-state index contributed by atoms with van der Waals surface area (Å²) in [6.45, 7) is 0.675. The standard InChI is InChI=1S/C19H24N2O3S/c22-19(13-3-4-13)21-8-7-15-11-16(5-6-18(15)21)25(23,24)20-17-10-12-1-2-14(17)9-12/h5-6,11-14,17,20H,1-4,7-10H2/t12-,14-,17+/m0/s1. The van der Waals surface area contributed by atoms with Crippen molar-refractivity contribution >= 4 is 21.6 Å². The predicted molar refractivity (Wildman–Crippen MR) is 94.8 cm³/mol. The number of hydrogen-bond donors (Lipinski definition) is 1. The van der Waals surface area contributed by atoms with Gasteiger partial charge in [-0.3, -0.25) is 4.79 Å². The molecular weight excluding hydrogens is 336 g/mol. The van der Waals surface area contributed by atoms with Crippen LogP contribution in [0.5, 0.6) is 0 Å². The Labute approximate surface area is 148 Å². The molecule has 0 radical (unpaired) electrons. The fourth-order valence-corrected chi connectivity index (χ4v) is 6.35. The van der Waals surface area contributed by atoms with E-state index in [0.29, 0.717) is 23.3 Å². The molecule has 6 heteroatoms. The van der Waals surface area contributed by atoms with Gasteiger partial charge in [0.05, 0.1) is 4.90 Å². The van der Waals surface area contributed by atoms with E-state index in [0.717, 1.165) is 43.4 Å². The van der Waals surface area contributed by atoms with Crippen LogP contribution >= 0.6 is 0 Å². The van der Waals surface area contributed by atoms with Crippen molar-refractivity contribution in [2.24, 2.45) is 17.8 Å². The number of nitrogens with zero attached hydrogens (tertiary/aromatic N) is 1. The lowest BCUT2D eigenvalue weighted by Crippen LogP contribution is -2.38. The van der Waals surface area contributed by atoms with Crippen molar-refractivity contribution in [1.82, 2.24) is 4.72 Å². The van der Waals surface area contributed by atoms with Crippen LogP contribution in [0.4, 0.5) is 5.69 Å². The second-order valence-corrected chi connectivity index (χ2v) is 9.92. The molecular formula is C19H24N2O3S. The first-order valence-corrected chi connectivity index (χ1v) is 11.0. The second kappa shape index (κ2) is 5.55. The van der Waals surface area contributed by atoms with Crippen LogP contribution < -0.4 is 9.62 Å². The molecule has 3 atom stereocenters. The van der Waals surface area contributed by atoms with Crippen molar-refractivity contribution in [2.45, 2.75) is 55.9 Å². The number of carbonyl (C=O) groups excluding carboxylic acids is 1. The van der Waals surface area contributed by atoms with Crippen LogP contribution in [-0.4, -0.2) is 26.9 Å². The zero-order valence-corrected chi connectivity index (χ0v) is 15.1. The number of rotatable bonds is 4. The van der Waals surface area contributed by atoms with Gasteiger partial charge in [-0.15, -0.1) is 0 Å². The minimum absolute atomic E-state index is 0.102. The first-order valence-electron chi connectivity index (χ1n) is 9.48. The molecule has 4 aliphatic rings. The van der Waals surface area contributed by atoms with Crippen molar-refractivity contribution in [1.29, 1.82) is 0 Å². The van der Waals surface area contributed by atoms with Gasteiger partial charge in [0, 0.05) is 24.2 Å². The summed E-state index contributed by atoms with van der Waals surface area (Å²) < 4.78 is 28.6. The van der Waals surface area contributed by atoms with Gasteiger partial charge >= 0.3 is 0 Å². The molecule has 134 valence electrons. The third kappa shape index (κ3) is 2.70. The van der Waals surface area contributed by atoms with Crippen LogP contribution in [0.1, 0.15) is 44.1 Å². The van der Waals surface area contributed by atoms with Crippen LogP contribution in [0.15, 0.2) is 23.1 Å². The van der Waals surface area contributed by atoms with Crippen molar-refractivity contribution in [3.63, 3.8) is 0 Å². The Morgan fingerprint density at radius 3 is 2.64 bits per heavy atom. The van der Waals surface area contributed by atoms with Gasteiger partial charge in [0.1, 0.15) is 0 Å². The Morgan fingerprint density at radius 2 is 1.96 bits per heavy atom. The maximum Gasteiger partial charge on any atom is 0.240 e. The first kappa shape index (κ1) is 15.8. The van der Waals surface area contributed by atoms with E-state index in [2.05, 4.69) is 4.72 Å². The smallest absolute Gasteiger partial charge is 0.240 e. The summed E-state index contributed by atoms with van der Waals surface area (Å²) >= 11 is 0. The zero-order valence-electron chi connectivity index (χ0n) is 14.3. The van der Waals surface area contributed by atoms with Crippen LogP contribution in [0.3, 0.4) is 0 Å². The maximum atomic E-state index is 12.8. The van der Waals surface area contributed by atoms with E-state index in [-0.39, 0.29) is 17.9 Å². The van der Waals surface area contributed by atoms with E-state index in [4.69, 9.17) is 0 Å². The molecule has 0 aromatic heterocycles. The molecule has 1 amide bonds. The van der Waals surface area contributed by atoms with E-state index >= 15 is 0 Å². The van der Waals surface area contributed by atoms with Crippen LogP contribution in [0.25, 0.3) is 0 Å². The molecule has 3 fully saturated rings. The summed E-state index contributed by atoms with van der Waals surface area (Å²) in [5.74, 6) is 1.61. The maximum absolute atomic E-state index is 12.8. The lowest BCUT2D eigenvalue weighted by molar-refractivity contribution is -0.119. The number of nitrogens with one attached hydrogen (secondary N) is 1. The minimum Gasteiger partial charge on any atom is -0.312 e. The molecule has 0 saturated heterocycles. The Bertz CT molecular complexity index is 831. The van der Waals surface area contributed by atoms with Gasteiger partial charge < -0.3 is 4.90 Å². The largest absolute Gasteiger partial charge is 0.312 e. The fraction of sp³-hybridized carbons (Fsp3) is 0.632. The SMILES string of the molecule is O=C(C1CC1)N1CCc2cc(S(=O)(=O)N[C@@H]3C[C@H]4CC[C@H]3C4)ccc21. The Hall–Kier alpha value is -1.40. The van der Waals surface area contributed by atoms with Gasteiger partial charge in [0.25, 0.3) is 0 Å². The lowest BCUT2D eigenvalue weighted by Gasteiger charge is -2.23. The van der Waals surface area contributed by atoms with Crippen molar-refractivity contribution in [2.75, 3.05) is 11.4 Å². The van der Waals surface area contributed by atoms with Crippen molar-refractivity contribution < 1.29 is 13.2 Å². The van der Waals surface area contributed by atoms with Crippen LogP contribution in [0.2, 0.25) is 0 Å². The molecule has 25 heavy (non-hydrogen) atoms. The van der Waals surface area contributed by atoms with E-state index in [1.165, 1.54) is 12.8 Å². The summed E-state index contributed by atoms with van der Waals surface area (Å²) in [5, 5.41) is 0. The molecule has 1 aromatic rings. The van der Waals surface area contributed by atoms with E-state index in [1.807, 2.05) is 11.0 Å². The molecule has 5 rings (SSSR count). The number of carbonyl (C=O) groups is 1. The number of amides is 1. The molecule has 3 aliphatic carbocycles. The molecule has 5 nitrogen and oxygen atoms in total. The normalized spacial score (nSPS) is 30.7. The minimum atomic E-state index is -3.48. The van der Waals surface area contributed by atoms with E-state index < -0.39 is 10.0 Å². The number of hydrogen-bond acceptors (Lipinski definition) is 3. The highest BCUT2D eigenvalue weighted by Gasteiger charge is 2.41. The van der Waals surface area contributed by atoms with Gasteiger partial charge in [0.2, 0.25) is 15.9 Å². The van der Waals surface area contributed by atoms with E-state index in [1.54, 1.807) is 12.1 Å². The van der Waals surface area contributed by atoms with E-state index in [9.17, 15) is 13.2 Å². The Morgan fingerprint density at radius 1 is 1.12 bits per heavy atom. The summed E-state index contributed by atoms with van der Waals surface area (Å²) in [4.78, 5) is 14.5. The molecule has 0 unspecified atom stereocenters. The number of benzene rings is 1. The molecule has 3 saturated carbocycles. The van der Waals surface area contributed by atoms with Gasteiger partial charge in [0.15, 0.2) is 0 Å². The highest BCUT2D eigenvalue weighted by atomic mass is 32.2. The summed E-state index contributed by atoms with van der Waals surface area (Å²) in [6.07, 6.45) is 7.29. The second-order valence-electron chi connectivity index (χ2n) is 8.21. The van der Waals surface area contributed by atoms with Crippen molar-refractivity contribution in [3.05, 3.63) is 23.8 Å². The number of sulfonamides is 1. The quantitative estimate of drug-likeness (QED) is 0.897. The van der Waals surface area contributed by atoms with Gasteiger partial charge in [-0.2, -0.15) is 0 Å². The summed E-state index contributed by atoms with van der Waals surface area (Å²) in [6, 6.07) is 5.35. The average molecular weight is 360 g/mol. The van der Waals surface area contributed by atoms with Crippen molar-refractivity contribution in [3.8, 4) is 0 Å². The molecule has 0 spiro atoms. The molecule has 2 bridgehead atoms. The topological polar surface area (TPSA) is 66.5 Å². The highest BCUT2D eigenvalue weighted by Crippen LogP contribution is 2.45. The molecule has 1 heterocycles. The molecule has 1 N–H and O–H groups in total. The van der Waals surface area contributed by atoms with Gasteiger partial charge in [-0.25, -0.2) is 13.1 Å². The fourth-order valence-electron chi connectivity index (χ4n) is 4.98. The zero-order chi connectivity index (χ0) is 17.2. The van der Waals surface area contributed by atoms with Crippen LogP contribution in [-0.2, 0) is 21.2 Å². The number of anilines is 1. The Balaban J connectivity index is 1.37. The summed E-state index contributed by atoms with van der Waals surface area (Å²) in [7, 11) is -3.48.